The van der Waals surface area contributed by atoms with Crippen molar-refractivity contribution in [1.29, 1.82) is 0 Å². The van der Waals surface area contributed by atoms with Crippen molar-refractivity contribution < 1.29 is 14.6 Å². The predicted octanol–water partition coefficient (Wildman–Crippen LogP) is 1.34. The summed E-state index contributed by atoms with van der Waals surface area (Å²) in [4.78, 5) is 14.0. The molecule has 106 valence electrons. The number of aliphatic hydroxyl groups excluding tert-OH is 1. The van der Waals surface area contributed by atoms with Gasteiger partial charge in [0.25, 0.3) is 0 Å². The largest absolute Gasteiger partial charge is 0.497 e. The predicted molar refractivity (Wildman–Crippen MR) is 75.4 cm³/mol. The lowest BCUT2D eigenvalue weighted by Gasteiger charge is -2.26. The van der Waals surface area contributed by atoms with Crippen LogP contribution in [-0.4, -0.2) is 48.8 Å². The summed E-state index contributed by atoms with van der Waals surface area (Å²) in [6.45, 7) is 5.06. The first-order valence-corrected chi connectivity index (χ1v) is 6.42. The zero-order valence-electron chi connectivity index (χ0n) is 11.7. The van der Waals surface area contributed by atoms with Crippen molar-refractivity contribution in [3.05, 3.63) is 24.3 Å². The van der Waals surface area contributed by atoms with Gasteiger partial charge in [0.05, 0.1) is 19.8 Å². The van der Waals surface area contributed by atoms with Crippen LogP contribution in [0.15, 0.2) is 24.3 Å². The summed E-state index contributed by atoms with van der Waals surface area (Å²) in [6, 6.07) is 6.91. The molecule has 0 fully saturated rings. The Hall–Kier alpha value is -1.59. The van der Waals surface area contributed by atoms with E-state index in [1.165, 1.54) is 0 Å². The second-order valence-corrected chi connectivity index (χ2v) is 4.25. The van der Waals surface area contributed by atoms with Crippen LogP contribution in [0.25, 0.3) is 0 Å². The number of amides is 1. The van der Waals surface area contributed by atoms with E-state index in [1.54, 1.807) is 31.4 Å². The Balaban J connectivity index is 2.61. The highest BCUT2D eigenvalue weighted by Crippen LogP contribution is 2.15. The Bertz CT molecular complexity index is 392. The second-order valence-electron chi connectivity index (χ2n) is 4.25. The Morgan fingerprint density at radius 1 is 1.42 bits per heavy atom. The van der Waals surface area contributed by atoms with Crippen molar-refractivity contribution >= 4 is 11.6 Å². The van der Waals surface area contributed by atoms with Gasteiger partial charge in [-0.25, -0.2) is 0 Å². The fourth-order valence-corrected chi connectivity index (χ4v) is 1.84. The minimum absolute atomic E-state index is 0.0496. The van der Waals surface area contributed by atoms with Crippen LogP contribution in [0.2, 0.25) is 0 Å². The molecule has 1 aromatic rings. The number of anilines is 1. The molecule has 0 bridgehead atoms. The fraction of sp³-hybridized carbons (Fsp3) is 0.500. The molecule has 0 aliphatic carbocycles. The molecule has 19 heavy (non-hydrogen) atoms. The summed E-state index contributed by atoms with van der Waals surface area (Å²) in [5.74, 6) is 0.668. The highest BCUT2D eigenvalue weighted by Gasteiger charge is 2.19. The highest BCUT2D eigenvalue weighted by atomic mass is 16.5. The Labute approximate surface area is 114 Å². The van der Waals surface area contributed by atoms with E-state index in [2.05, 4.69) is 5.32 Å². The summed E-state index contributed by atoms with van der Waals surface area (Å²) < 4.78 is 5.06. The van der Waals surface area contributed by atoms with E-state index >= 15 is 0 Å². The van der Waals surface area contributed by atoms with Crippen molar-refractivity contribution in [3.63, 3.8) is 0 Å². The molecule has 1 atom stereocenters. The molecule has 1 unspecified atom stereocenters. The summed E-state index contributed by atoms with van der Waals surface area (Å²) in [5, 5.41) is 11.8. The number of nitrogens with zero attached hydrogens (tertiary/aromatic N) is 1. The van der Waals surface area contributed by atoms with E-state index < -0.39 is 0 Å². The third kappa shape index (κ3) is 4.54. The summed E-state index contributed by atoms with van der Waals surface area (Å²) >= 11 is 0. The van der Waals surface area contributed by atoms with E-state index in [4.69, 9.17) is 9.84 Å². The monoisotopic (exact) mass is 266 g/mol. The molecule has 5 nitrogen and oxygen atoms in total. The zero-order valence-corrected chi connectivity index (χ0v) is 11.7. The molecule has 0 saturated carbocycles. The van der Waals surface area contributed by atoms with Gasteiger partial charge in [0.1, 0.15) is 5.75 Å². The molecule has 0 radical (unpaired) electrons. The van der Waals surface area contributed by atoms with Crippen LogP contribution >= 0.6 is 0 Å². The SMILES string of the molecule is CCN(CCO)C(C)C(=O)Nc1ccc(OC)cc1. The number of likely N-dealkylation sites (N-methyl/N-ethyl adjacent to an activating group) is 1. The number of benzene rings is 1. The number of methoxy groups -OCH3 is 1. The highest BCUT2D eigenvalue weighted by molar-refractivity contribution is 5.94. The molecule has 0 aliphatic heterocycles. The zero-order chi connectivity index (χ0) is 14.3. The van der Waals surface area contributed by atoms with E-state index in [1.807, 2.05) is 18.7 Å². The van der Waals surface area contributed by atoms with Gasteiger partial charge < -0.3 is 15.2 Å². The number of aliphatic hydroxyl groups is 1. The Kier molecular flexibility index (Phi) is 6.32. The van der Waals surface area contributed by atoms with Gasteiger partial charge in [-0.2, -0.15) is 0 Å². The smallest absolute Gasteiger partial charge is 0.241 e. The summed E-state index contributed by atoms with van der Waals surface area (Å²) in [5.41, 5.74) is 0.734. The Morgan fingerprint density at radius 2 is 2.05 bits per heavy atom. The Morgan fingerprint density at radius 3 is 2.53 bits per heavy atom. The third-order valence-corrected chi connectivity index (χ3v) is 3.08. The van der Waals surface area contributed by atoms with Gasteiger partial charge in [-0.3, -0.25) is 9.69 Å². The van der Waals surface area contributed by atoms with E-state index in [0.29, 0.717) is 6.54 Å². The summed E-state index contributed by atoms with van der Waals surface area (Å²) in [6.07, 6.45) is 0. The molecule has 1 amide bonds. The molecule has 0 aromatic heterocycles. The van der Waals surface area contributed by atoms with E-state index in [0.717, 1.165) is 18.0 Å². The first kappa shape index (κ1) is 15.5. The number of rotatable bonds is 7. The first-order valence-electron chi connectivity index (χ1n) is 6.42. The molecule has 5 heteroatoms. The standard InChI is InChI=1S/C14H22N2O3/c1-4-16(9-10-17)11(2)14(18)15-12-5-7-13(19-3)8-6-12/h5-8,11,17H,4,9-10H2,1-3H3,(H,15,18). The summed E-state index contributed by atoms with van der Waals surface area (Å²) in [7, 11) is 1.60. The number of hydrogen-bond acceptors (Lipinski definition) is 4. The molecule has 0 aliphatic rings. The van der Waals surface area contributed by atoms with Gasteiger partial charge in [0.15, 0.2) is 0 Å². The number of carbonyl (C=O) groups excluding carboxylic acids is 1. The topological polar surface area (TPSA) is 61.8 Å². The fourth-order valence-electron chi connectivity index (χ4n) is 1.84. The quantitative estimate of drug-likeness (QED) is 0.781. The normalized spacial score (nSPS) is 12.3. The van der Waals surface area contributed by atoms with Crippen LogP contribution in [0, 0.1) is 0 Å². The molecule has 0 heterocycles. The van der Waals surface area contributed by atoms with Crippen molar-refractivity contribution in [2.24, 2.45) is 0 Å². The average molecular weight is 266 g/mol. The van der Waals surface area contributed by atoms with Crippen molar-refractivity contribution in [1.82, 2.24) is 4.90 Å². The van der Waals surface area contributed by atoms with Crippen LogP contribution < -0.4 is 10.1 Å². The molecule has 2 N–H and O–H groups in total. The third-order valence-electron chi connectivity index (χ3n) is 3.08. The van der Waals surface area contributed by atoms with Crippen LogP contribution in [0.5, 0.6) is 5.75 Å². The number of nitrogens with one attached hydrogen (secondary N) is 1. The number of ether oxygens (including phenoxy) is 1. The lowest BCUT2D eigenvalue weighted by atomic mass is 10.2. The van der Waals surface area contributed by atoms with Crippen molar-refractivity contribution in [2.45, 2.75) is 19.9 Å². The van der Waals surface area contributed by atoms with Crippen LogP contribution in [0.4, 0.5) is 5.69 Å². The first-order chi connectivity index (χ1) is 9.12. The maximum absolute atomic E-state index is 12.1. The van der Waals surface area contributed by atoms with Crippen LogP contribution in [0.1, 0.15) is 13.8 Å². The van der Waals surface area contributed by atoms with Crippen molar-refractivity contribution in [2.75, 3.05) is 32.1 Å². The molecule has 1 aromatic carbocycles. The molecule has 1 rings (SSSR count). The van der Waals surface area contributed by atoms with Crippen LogP contribution in [0.3, 0.4) is 0 Å². The average Bonchev–Trinajstić information content (AvgIpc) is 2.44. The second kappa shape index (κ2) is 7.76. The van der Waals surface area contributed by atoms with Gasteiger partial charge >= 0.3 is 0 Å². The minimum Gasteiger partial charge on any atom is -0.497 e. The van der Waals surface area contributed by atoms with Gasteiger partial charge in [0, 0.05) is 12.2 Å². The lowest BCUT2D eigenvalue weighted by molar-refractivity contribution is -0.120. The minimum atomic E-state index is -0.278. The molecule has 0 saturated heterocycles. The van der Waals surface area contributed by atoms with Gasteiger partial charge in [0.2, 0.25) is 5.91 Å². The van der Waals surface area contributed by atoms with E-state index in [9.17, 15) is 4.79 Å². The lowest BCUT2D eigenvalue weighted by Crippen LogP contribution is -2.43. The number of hydrogen-bond donors (Lipinski definition) is 2. The van der Waals surface area contributed by atoms with Gasteiger partial charge in [-0.1, -0.05) is 6.92 Å². The maximum Gasteiger partial charge on any atom is 0.241 e. The van der Waals surface area contributed by atoms with Gasteiger partial charge in [-0.05, 0) is 37.7 Å². The molecular weight excluding hydrogens is 244 g/mol. The molecule has 0 spiro atoms. The van der Waals surface area contributed by atoms with E-state index in [-0.39, 0.29) is 18.6 Å². The van der Waals surface area contributed by atoms with Gasteiger partial charge in [-0.15, -0.1) is 0 Å². The molecular formula is C14H22N2O3. The van der Waals surface area contributed by atoms with Crippen LogP contribution in [-0.2, 0) is 4.79 Å². The number of carbonyl (C=O) groups is 1. The van der Waals surface area contributed by atoms with Crippen molar-refractivity contribution in [3.8, 4) is 5.75 Å². The maximum atomic E-state index is 12.1.